The Kier molecular flexibility index (Phi) is 3.10. The largest absolute Gasteiger partial charge is 0.382 e. The van der Waals surface area contributed by atoms with E-state index in [1.807, 2.05) is 13.8 Å². The van der Waals surface area contributed by atoms with Crippen molar-refractivity contribution >= 4 is 11.5 Å². The van der Waals surface area contributed by atoms with Gasteiger partial charge >= 0.3 is 0 Å². The summed E-state index contributed by atoms with van der Waals surface area (Å²) in [5.74, 6) is 0.193. The van der Waals surface area contributed by atoms with E-state index >= 15 is 0 Å². The molecule has 0 unspecified atom stereocenters. The molecule has 1 saturated carbocycles. The van der Waals surface area contributed by atoms with Crippen molar-refractivity contribution in [2.45, 2.75) is 45.6 Å². The summed E-state index contributed by atoms with van der Waals surface area (Å²) in [7, 11) is 0. The maximum absolute atomic E-state index is 11.6. The first-order valence-corrected chi connectivity index (χ1v) is 5.16. The van der Waals surface area contributed by atoms with E-state index in [9.17, 15) is 9.90 Å². The smallest absolute Gasteiger partial charge is 0.166 e. The third-order valence-electron chi connectivity index (χ3n) is 2.83. The van der Waals surface area contributed by atoms with Gasteiger partial charge in [0.25, 0.3) is 0 Å². The molecule has 1 aliphatic rings. The fraction of sp³-hybridized carbons (Fsp3) is 0.818. The molecule has 0 bridgehead atoms. The van der Waals surface area contributed by atoms with E-state index in [-0.39, 0.29) is 11.7 Å². The van der Waals surface area contributed by atoms with Crippen molar-refractivity contribution in [1.29, 1.82) is 5.41 Å². The number of carbonyl (C=O) groups is 1. The second kappa shape index (κ2) is 3.81. The zero-order chi connectivity index (χ0) is 10.9. The third kappa shape index (κ3) is 2.21. The van der Waals surface area contributed by atoms with Crippen molar-refractivity contribution < 1.29 is 9.90 Å². The number of nitrogens with one attached hydrogen (secondary N) is 1. The Morgan fingerprint density at radius 1 is 1.57 bits per heavy atom. The van der Waals surface area contributed by atoms with E-state index < -0.39 is 5.60 Å². The van der Waals surface area contributed by atoms with Gasteiger partial charge in [0, 0.05) is 11.6 Å². The summed E-state index contributed by atoms with van der Waals surface area (Å²) < 4.78 is 0. The van der Waals surface area contributed by atoms with Gasteiger partial charge in [-0.1, -0.05) is 13.8 Å². The van der Waals surface area contributed by atoms with Gasteiger partial charge in [0.05, 0.1) is 0 Å². The van der Waals surface area contributed by atoms with Crippen LogP contribution in [0.1, 0.15) is 40.0 Å². The van der Waals surface area contributed by atoms with Crippen LogP contribution in [-0.2, 0) is 4.79 Å². The first-order valence-electron chi connectivity index (χ1n) is 5.16. The van der Waals surface area contributed by atoms with Crippen LogP contribution in [0.25, 0.3) is 0 Å². The van der Waals surface area contributed by atoms with Crippen molar-refractivity contribution in [2.75, 3.05) is 0 Å². The molecule has 14 heavy (non-hydrogen) atoms. The molecule has 1 rings (SSSR count). The summed E-state index contributed by atoms with van der Waals surface area (Å²) in [6.45, 7) is 5.40. The highest BCUT2D eigenvalue weighted by atomic mass is 16.3. The Labute approximate surface area is 85.0 Å². The summed E-state index contributed by atoms with van der Waals surface area (Å²) in [6, 6.07) is 0. The standard InChI is InChI=1S/C11H19NO2/c1-7(2)10(13)11(14)5-9(6-11)4-8(3)12/h7,9,12,14H,4-6H2,1-3H3. The molecule has 0 saturated heterocycles. The molecule has 0 amide bonds. The second-order valence-electron chi connectivity index (χ2n) is 4.81. The Balaban J connectivity index is 2.45. The van der Waals surface area contributed by atoms with Gasteiger partial charge in [0.1, 0.15) is 5.60 Å². The van der Waals surface area contributed by atoms with Crippen molar-refractivity contribution in [3.05, 3.63) is 0 Å². The van der Waals surface area contributed by atoms with E-state index in [0.29, 0.717) is 30.9 Å². The molecule has 1 fully saturated rings. The van der Waals surface area contributed by atoms with Crippen LogP contribution in [0, 0.1) is 17.2 Å². The summed E-state index contributed by atoms with van der Waals surface area (Å²) >= 11 is 0. The number of Topliss-reactive ketones (excluding diaryl/α,β-unsaturated/α-hetero) is 1. The monoisotopic (exact) mass is 197 g/mol. The highest BCUT2D eigenvalue weighted by Crippen LogP contribution is 2.41. The summed E-state index contributed by atoms with van der Waals surface area (Å²) in [5, 5.41) is 17.2. The average molecular weight is 197 g/mol. The van der Waals surface area contributed by atoms with Crippen molar-refractivity contribution in [2.24, 2.45) is 11.8 Å². The molecule has 0 aromatic carbocycles. The van der Waals surface area contributed by atoms with Crippen molar-refractivity contribution in [3.8, 4) is 0 Å². The van der Waals surface area contributed by atoms with Gasteiger partial charge in [-0.2, -0.15) is 0 Å². The van der Waals surface area contributed by atoms with E-state index in [1.54, 1.807) is 6.92 Å². The predicted octanol–water partition coefficient (Wildman–Crippen LogP) is 1.78. The topological polar surface area (TPSA) is 61.1 Å². The molecule has 0 heterocycles. The lowest BCUT2D eigenvalue weighted by Gasteiger charge is -2.43. The minimum Gasteiger partial charge on any atom is -0.382 e. The van der Waals surface area contributed by atoms with Crippen molar-refractivity contribution in [1.82, 2.24) is 0 Å². The van der Waals surface area contributed by atoms with Crippen molar-refractivity contribution in [3.63, 3.8) is 0 Å². The number of aliphatic hydroxyl groups is 1. The van der Waals surface area contributed by atoms with Gasteiger partial charge < -0.3 is 10.5 Å². The first-order chi connectivity index (χ1) is 6.35. The van der Waals surface area contributed by atoms with Gasteiger partial charge in [0.15, 0.2) is 5.78 Å². The highest BCUT2D eigenvalue weighted by Gasteiger charge is 2.48. The minimum atomic E-state index is -1.08. The Bertz CT molecular complexity index is 252. The van der Waals surface area contributed by atoms with Crippen LogP contribution in [0.3, 0.4) is 0 Å². The zero-order valence-corrected chi connectivity index (χ0v) is 9.13. The molecule has 0 aromatic rings. The zero-order valence-electron chi connectivity index (χ0n) is 9.13. The maximum Gasteiger partial charge on any atom is 0.166 e. The van der Waals surface area contributed by atoms with E-state index in [4.69, 9.17) is 5.41 Å². The quantitative estimate of drug-likeness (QED) is 0.675. The molecule has 0 aromatic heterocycles. The van der Waals surface area contributed by atoms with Gasteiger partial charge in [-0.15, -0.1) is 0 Å². The molecule has 0 radical (unpaired) electrons. The lowest BCUT2D eigenvalue weighted by molar-refractivity contribution is -0.155. The fourth-order valence-electron chi connectivity index (χ4n) is 2.21. The second-order valence-corrected chi connectivity index (χ2v) is 4.81. The molecule has 0 spiro atoms. The van der Waals surface area contributed by atoms with Crippen LogP contribution < -0.4 is 0 Å². The molecule has 1 aliphatic carbocycles. The lowest BCUT2D eigenvalue weighted by Crippen LogP contribution is -2.52. The Morgan fingerprint density at radius 3 is 2.43 bits per heavy atom. The number of hydrogen-bond acceptors (Lipinski definition) is 3. The highest BCUT2D eigenvalue weighted by molar-refractivity contribution is 5.90. The van der Waals surface area contributed by atoms with E-state index in [0.717, 1.165) is 0 Å². The van der Waals surface area contributed by atoms with Crippen LogP contribution in [0.2, 0.25) is 0 Å². The number of hydrogen-bond donors (Lipinski definition) is 2. The lowest BCUT2D eigenvalue weighted by atomic mass is 9.65. The molecular formula is C11H19NO2. The predicted molar refractivity (Wildman–Crippen MR) is 55.5 cm³/mol. The van der Waals surface area contributed by atoms with Crippen LogP contribution in [0.4, 0.5) is 0 Å². The molecule has 0 atom stereocenters. The summed E-state index contributed by atoms with van der Waals surface area (Å²) in [4.78, 5) is 11.6. The van der Waals surface area contributed by atoms with Gasteiger partial charge in [-0.3, -0.25) is 4.79 Å². The first kappa shape index (κ1) is 11.4. The van der Waals surface area contributed by atoms with Crippen LogP contribution >= 0.6 is 0 Å². The normalized spacial score (nSPS) is 31.4. The molecule has 0 aliphatic heterocycles. The molecule has 3 nitrogen and oxygen atoms in total. The van der Waals surface area contributed by atoms with Gasteiger partial charge in [-0.05, 0) is 32.1 Å². The summed E-state index contributed by atoms with van der Waals surface area (Å²) in [5.41, 5.74) is -0.442. The molecular weight excluding hydrogens is 178 g/mol. The summed E-state index contributed by atoms with van der Waals surface area (Å²) in [6.07, 6.45) is 1.80. The van der Waals surface area contributed by atoms with Crippen LogP contribution in [0.5, 0.6) is 0 Å². The number of ketones is 1. The molecule has 80 valence electrons. The molecule has 3 heteroatoms. The Hall–Kier alpha value is -0.700. The minimum absolute atomic E-state index is 0.0450. The van der Waals surface area contributed by atoms with Gasteiger partial charge in [0.2, 0.25) is 0 Å². The van der Waals surface area contributed by atoms with E-state index in [2.05, 4.69) is 0 Å². The molecule has 2 N–H and O–H groups in total. The number of carbonyl (C=O) groups excluding carboxylic acids is 1. The SMILES string of the molecule is CC(=N)CC1CC(O)(C(=O)C(C)C)C1. The fourth-order valence-corrected chi connectivity index (χ4v) is 2.21. The Morgan fingerprint density at radius 2 is 2.07 bits per heavy atom. The third-order valence-corrected chi connectivity index (χ3v) is 2.83. The maximum atomic E-state index is 11.6. The number of rotatable bonds is 4. The van der Waals surface area contributed by atoms with Crippen LogP contribution in [-0.4, -0.2) is 22.2 Å². The van der Waals surface area contributed by atoms with Gasteiger partial charge in [-0.25, -0.2) is 0 Å². The van der Waals surface area contributed by atoms with E-state index in [1.165, 1.54) is 0 Å². The average Bonchev–Trinajstić information content (AvgIpc) is 1.98. The van der Waals surface area contributed by atoms with Crippen LogP contribution in [0.15, 0.2) is 0 Å².